The van der Waals surface area contributed by atoms with E-state index in [1.54, 1.807) is 32.2 Å². The third-order valence-electron chi connectivity index (χ3n) is 2.08. The molecule has 0 spiro atoms. The van der Waals surface area contributed by atoms with Gasteiger partial charge in [-0.1, -0.05) is 6.07 Å². The first-order valence-corrected chi connectivity index (χ1v) is 4.19. The van der Waals surface area contributed by atoms with Gasteiger partial charge >= 0.3 is 5.97 Å². The molecule has 1 aromatic rings. The van der Waals surface area contributed by atoms with Gasteiger partial charge in [-0.3, -0.25) is 4.79 Å². The molecule has 76 valence electrons. The fourth-order valence-electron chi connectivity index (χ4n) is 1.26. The zero-order valence-corrected chi connectivity index (χ0v) is 8.15. The number of hydrogen-bond donors (Lipinski definition) is 2. The maximum atomic E-state index is 10.7. The van der Waals surface area contributed by atoms with Crippen LogP contribution in [0.4, 0.5) is 0 Å². The number of ether oxygens (including phenoxy) is 1. The lowest BCUT2D eigenvalue weighted by molar-refractivity contribution is -0.138. The lowest BCUT2D eigenvalue weighted by Crippen LogP contribution is -2.21. The first-order valence-electron chi connectivity index (χ1n) is 4.19. The second kappa shape index (κ2) is 4.11. The van der Waals surface area contributed by atoms with Gasteiger partial charge in [-0.25, -0.2) is 0 Å². The van der Waals surface area contributed by atoms with Crippen LogP contribution in [-0.4, -0.2) is 18.2 Å². The van der Waals surface area contributed by atoms with E-state index in [-0.39, 0.29) is 0 Å². The van der Waals surface area contributed by atoms with Crippen molar-refractivity contribution in [2.75, 3.05) is 7.11 Å². The van der Waals surface area contributed by atoms with Crippen molar-refractivity contribution in [2.24, 2.45) is 5.73 Å². The van der Waals surface area contributed by atoms with E-state index in [9.17, 15) is 4.79 Å². The predicted molar refractivity (Wildman–Crippen MR) is 52.3 cm³/mol. The molecule has 3 N–H and O–H groups in total. The first kappa shape index (κ1) is 10.5. The molecule has 0 aliphatic heterocycles. The maximum Gasteiger partial charge on any atom is 0.325 e. The zero-order chi connectivity index (χ0) is 10.7. The largest absolute Gasteiger partial charge is 0.497 e. The van der Waals surface area contributed by atoms with Crippen molar-refractivity contribution in [1.29, 1.82) is 0 Å². The van der Waals surface area contributed by atoms with Gasteiger partial charge in [0, 0.05) is 0 Å². The number of carboxylic acid groups (broad SMARTS) is 1. The fraction of sp³-hybridized carbons (Fsp3) is 0.300. The summed E-state index contributed by atoms with van der Waals surface area (Å²) in [5.41, 5.74) is 6.92. The highest BCUT2D eigenvalue weighted by Crippen LogP contribution is 2.21. The second-order valence-electron chi connectivity index (χ2n) is 3.04. The number of rotatable bonds is 3. The van der Waals surface area contributed by atoms with E-state index >= 15 is 0 Å². The van der Waals surface area contributed by atoms with Crippen molar-refractivity contribution in [1.82, 2.24) is 0 Å². The SMILES string of the molecule is COc1ccc([C@@H](N)C(=O)O)c(C)c1. The van der Waals surface area contributed by atoms with E-state index in [1.165, 1.54) is 0 Å². The Bertz CT molecular complexity index is 349. The van der Waals surface area contributed by atoms with Gasteiger partial charge in [0.15, 0.2) is 0 Å². The van der Waals surface area contributed by atoms with Gasteiger partial charge < -0.3 is 15.6 Å². The standard InChI is InChI=1S/C10H13NO3/c1-6-5-7(14-2)3-4-8(6)9(11)10(12)13/h3-5,9H,11H2,1-2H3,(H,12,13)/t9-/m1/s1. The van der Waals surface area contributed by atoms with Crippen molar-refractivity contribution in [3.05, 3.63) is 29.3 Å². The number of hydrogen-bond acceptors (Lipinski definition) is 3. The van der Waals surface area contributed by atoms with Gasteiger partial charge in [0.25, 0.3) is 0 Å². The van der Waals surface area contributed by atoms with Gasteiger partial charge in [0.05, 0.1) is 7.11 Å². The molecule has 0 bridgehead atoms. The summed E-state index contributed by atoms with van der Waals surface area (Å²) >= 11 is 0. The Morgan fingerprint density at radius 1 is 1.57 bits per heavy atom. The molecule has 14 heavy (non-hydrogen) atoms. The van der Waals surface area contributed by atoms with Crippen molar-refractivity contribution in [3.63, 3.8) is 0 Å². The highest BCUT2D eigenvalue weighted by Gasteiger charge is 2.16. The summed E-state index contributed by atoms with van der Waals surface area (Å²) in [6.07, 6.45) is 0. The summed E-state index contributed by atoms with van der Waals surface area (Å²) in [6, 6.07) is 4.16. The van der Waals surface area contributed by atoms with E-state index in [4.69, 9.17) is 15.6 Å². The Hall–Kier alpha value is -1.55. The molecule has 0 saturated heterocycles. The normalized spacial score (nSPS) is 12.2. The molecule has 0 aromatic heterocycles. The molecule has 0 heterocycles. The molecular weight excluding hydrogens is 182 g/mol. The number of aliphatic carboxylic acids is 1. The minimum absolute atomic E-state index is 0.610. The van der Waals surface area contributed by atoms with Crippen LogP contribution in [0.15, 0.2) is 18.2 Å². The number of methoxy groups -OCH3 is 1. The van der Waals surface area contributed by atoms with Crippen LogP contribution in [0.3, 0.4) is 0 Å². The Morgan fingerprint density at radius 2 is 2.21 bits per heavy atom. The molecule has 4 nitrogen and oxygen atoms in total. The fourth-order valence-corrected chi connectivity index (χ4v) is 1.26. The Kier molecular flexibility index (Phi) is 3.09. The Morgan fingerprint density at radius 3 is 2.64 bits per heavy atom. The monoisotopic (exact) mass is 195 g/mol. The van der Waals surface area contributed by atoms with Crippen molar-refractivity contribution < 1.29 is 14.6 Å². The van der Waals surface area contributed by atoms with E-state index in [1.807, 2.05) is 0 Å². The van der Waals surface area contributed by atoms with Gasteiger partial charge in [-0.15, -0.1) is 0 Å². The molecule has 0 aliphatic carbocycles. The van der Waals surface area contributed by atoms with E-state index in [2.05, 4.69) is 0 Å². The lowest BCUT2D eigenvalue weighted by Gasteiger charge is -2.11. The number of carboxylic acids is 1. The Balaban J connectivity index is 3.05. The molecule has 1 atom stereocenters. The smallest absolute Gasteiger partial charge is 0.325 e. The predicted octanol–water partition coefficient (Wildman–Crippen LogP) is 1.09. The highest BCUT2D eigenvalue weighted by molar-refractivity contribution is 5.75. The Labute approximate surface area is 82.3 Å². The number of carbonyl (C=O) groups is 1. The van der Waals surface area contributed by atoms with Crippen molar-refractivity contribution in [3.8, 4) is 5.75 Å². The van der Waals surface area contributed by atoms with Crippen LogP contribution in [0, 0.1) is 6.92 Å². The molecule has 1 aromatic carbocycles. The van der Waals surface area contributed by atoms with Gasteiger partial charge in [-0.05, 0) is 30.2 Å². The summed E-state index contributed by atoms with van der Waals surface area (Å²) in [7, 11) is 1.56. The third-order valence-corrected chi connectivity index (χ3v) is 2.08. The topological polar surface area (TPSA) is 72.5 Å². The third kappa shape index (κ3) is 2.03. The highest BCUT2D eigenvalue weighted by atomic mass is 16.5. The van der Waals surface area contributed by atoms with E-state index in [0.29, 0.717) is 11.3 Å². The molecule has 0 fully saturated rings. The molecule has 1 rings (SSSR count). The second-order valence-corrected chi connectivity index (χ2v) is 3.04. The number of nitrogens with two attached hydrogens (primary N) is 1. The average molecular weight is 195 g/mol. The molecular formula is C10H13NO3. The minimum atomic E-state index is -1.03. The molecule has 4 heteroatoms. The molecule has 0 aliphatic rings. The summed E-state index contributed by atoms with van der Waals surface area (Å²) in [5, 5.41) is 8.73. The van der Waals surface area contributed by atoms with E-state index < -0.39 is 12.0 Å². The van der Waals surface area contributed by atoms with Crippen LogP contribution >= 0.6 is 0 Å². The van der Waals surface area contributed by atoms with Crippen LogP contribution in [0.25, 0.3) is 0 Å². The van der Waals surface area contributed by atoms with Crippen LogP contribution < -0.4 is 10.5 Å². The zero-order valence-electron chi connectivity index (χ0n) is 8.15. The molecule has 0 saturated carbocycles. The first-order chi connectivity index (χ1) is 6.56. The van der Waals surface area contributed by atoms with Crippen molar-refractivity contribution >= 4 is 5.97 Å². The summed E-state index contributed by atoms with van der Waals surface area (Å²) in [4.78, 5) is 10.7. The van der Waals surface area contributed by atoms with Crippen molar-refractivity contribution in [2.45, 2.75) is 13.0 Å². The van der Waals surface area contributed by atoms with Crippen LogP contribution in [0.5, 0.6) is 5.75 Å². The minimum Gasteiger partial charge on any atom is -0.497 e. The van der Waals surface area contributed by atoms with Crippen LogP contribution in [-0.2, 0) is 4.79 Å². The van der Waals surface area contributed by atoms with Gasteiger partial charge in [-0.2, -0.15) is 0 Å². The number of aryl methyl sites for hydroxylation is 1. The summed E-state index contributed by atoms with van der Waals surface area (Å²) in [6.45, 7) is 1.81. The summed E-state index contributed by atoms with van der Waals surface area (Å²) in [5.74, 6) is -0.331. The van der Waals surface area contributed by atoms with Gasteiger partial charge in [0.2, 0.25) is 0 Å². The maximum absolute atomic E-state index is 10.7. The van der Waals surface area contributed by atoms with Gasteiger partial charge in [0.1, 0.15) is 11.8 Å². The average Bonchev–Trinajstić information content (AvgIpc) is 2.16. The van der Waals surface area contributed by atoms with Crippen LogP contribution in [0.2, 0.25) is 0 Å². The summed E-state index contributed by atoms with van der Waals surface area (Å²) < 4.78 is 5.00. The molecule has 0 radical (unpaired) electrons. The quantitative estimate of drug-likeness (QED) is 0.757. The lowest BCUT2D eigenvalue weighted by atomic mass is 10.0. The molecule has 0 amide bonds. The van der Waals surface area contributed by atoms with Crippen LogP contribution in [0.1, 0.15) is 17.2 Å². The number of benzene rings is 1. The molecule has 0 unspecified atom stereocenters. The van der Waals surface area contributed by atoms with E-state index in [0.717, 1.165) is 5.56 Å².